The SMILES string of the molecule is CCC(C)(C)OC1OC(CO)CCC1CC(C)=O. The maximum absolute atomic E-state index is 11.3. The molecule has 0 aromatic heterocycles. The topological polar surface area (TPSA) is 55.8 Å². The van der Waals surface area contributed by atoms with Crippen molar-refractivity contribution in [3.63, 3.8) is 0 Å². The van der Waals surface area contributed by atoms with Crippen LogP contribution in [0.4, 0.5) is 0 Å². The summed E-state index contributed by atoms with van der Waals surface area (Å²) in [5.74, 6) is 0.269. The highest BCUT2D eigenvalue weighted by Crippen LogP contribution is 2.32. The first kappa shape index (κ1) is 15.6. The molecule has 0 bridgehead atoms. The maximum Gasteiger partial charge on any atom is 0.161 e. The van der Waals surface area contributed by atoms with Crippen LogP contribution in [0.3, 0.4) is 0 Å². The van der Waals surface area contributed by atoms with Crippen molar-refractivity contribution in [3.8, 4) is 0 Å². The molecule has 1 fully saturated rings. The normalized spacial score (nSPS) is 29.3. The van der Waals surface area contributed by atoms with Crippen LogP contribution in [0.2, 0.25) is 0 Å². The van der Waals surface area contributed by atoms with Crippen LogP contribution in [0.25, 0.3) is 0 Å². The number of rotatable bonds is 6. The smallest absolute Gasteiger partial charge is 0.161 e. The van der Waals surface area contributed by atoms with Gasteiger partial charge >= 0.3 is 0 Å². The Hall–Kier alpha value is -0.450. The molecule has 1 aliphatic rings. The first-order valence-corrected chi connectivity index (χ1v) is 6.81. The van der Waals surface area contributed by atoms with Crippen LogP contribution in [0.15, 0.2) is 0 Å². The molecular weight excluding hydrogens is 232 g/mol. The number of Topliss-reactive ketones (excluding diaryl/α,β-unsaturated/α-hetero) is 1. The summed E-state index contributed by atoms with van der Waals surface area (Å²) in [6.07, 6.45) is 2.49. The molecule has 1 N–H and O–H groups in total. The lowest BCUT2D eigenvalue weighted by atomic mass is 9.92. The van der Waals surface area contributed by atoms with Gasteiger partial charge in [0.05, 0.1) is 18.3 Å². The van der Waals surface area contributed by atoms with Crippen molar-refractivity contribution in [2.24, 2.45) is 5.92 Å². The summed E-state index contributed by atoms with van der Waals surface area (Å²) >= 11 is 0. The van der Waals surface area contributed by atoms with Crippen LogP contribution in [0.1, 0.15) is 53.4 Å². The summed E-state index contributed by atoms with van der Waals surface area (Å²) in [6.45, 7) is 7.71. The van der Waals surface area contributed by atoms with E-state index < -0.39 is 0 Å². The van der Waals surface area contributed by atoms with Gasteiger partial charge in [0.15, 0.2) is 6.29 Å². The minimum Gasteiger partial charge on any atom is -0.394 e. The zero-order valence-electron chi connectivity index (χ0n) is 11.9. The third kappa shape index (κ3) is 4.67. The Labute approximate surface area is 110 Å². The van der Waals surface area contributed by atoms with E-state index >= 15 is 0 Å². The van der Waals surface area contributed by atoms with Crippen LogP contribution in [0, 0.1) is 5.92 Å². The van der Waals surface area contributed by atoms with Crippen LogP contribution in [-0.4, -0.2) is 35.5 Å². The van der Waals surface area contributed by atoms with Gasteiger partial charge in [0, 0.05) is 12.3 Å². The fourth-order valence-corrected chi connectivity index (χ4v) is 2.13. The van der Waals surface area contributed by atoms with Gasteiger partial charge in [-0.1, -0.05) is 6.92 Å². The van der Waals surface area contributed by atoms with Gasteiger partial charge in [-0.15, -0.1) is 0 Å². The van der Waals surface area contributed by atoms with E-state index in [4.69, 9.17) is 9.47 Å². The molecule has 0 aliphatic carbocycles. The van der Waals surface area contributed by atoms with E-state index in [2.05, 4.69) is 6.92 Å². The Morgan fingerprint density at radius 2 is 2.11 bits per heavy atom. The molecule has 1 rings (SSSR count). The number of carbonyl (C=O) groups is 1. The highest BCUT2D eigenvalue weighted by molar-refractivity contribution is 5.75. The van der Waals surface area contributed by atoms with Crippen LogP contribution in [0.5, 0.6) is 0 Å². The molecule has 0 aromatic rings. The molecule has 1 saturated heterocycles. The fraction of sp³-hybridized carbons (Fsp3) is 0.929. The van der Waals surface area contributed by atoms with Gasteiger partial charge in [-0.25, -0.2) is 0 Å². The molecule has 0 amide bonds. The first-order chi connectivity index (χ1) is 8.38. The molecule has 0 spiro atoms. The zero-order chi connectivity index (χ0) is 13.8. The lowest BCUT2D eigenvalue weighted by Crippen LogP contribution is -2.43. The van der Waals surface area contributed by atoms with Gasteiger partial charge in [0.2, 0.25) is 0 Å². The fourth-order valence-electron chi connectivity index (χ4n) is 2.13. The van der Waals surface area contributed by atoms with Gasteiger partial charge in [-0.05, 0) is 40.0 Å². The van der Waals surface area contributed by atoms with Crippen LogP contribution < -0.4 is 0 Å². The van der Waals surface area contributed by atoms with E-state index in [-0.39, 0.29) is 36.3 Å². The highest BCUT2D eigenvalue weighted by Gasteiger charge is 2.35. The van der Waals surface area contributed by atoms with E-state index in [0.717, 1.165) is 19.3 Å². The largest absolute Gasteiger partial charge is 0.394 e. The molecule has 4 nitrogen and oxygen atoms in total. The van der Waals surface area contributed by atoms with Crippen molar-refractivity contribution < 1.29 is 19.4 Å². The standard InChI is InChI=1S/C14H26O4/c1-5-14(3,4)18-13-11(8-10(2)16)6-7-12(9-15)17-13/h11-13,15H,5-9H2,1-4H3. The molecule has 3 unspecified atom stereocenters. The molecule has 18 heavy (non-hydrogen) atoms. The quantitative estimate of drug-likeness (QED) is 0.794. The Kier molecular flexibility index (Phi) is 5.76. The number of hydrogen-bond donors (Lipinski definition) is 1. The summed E-state index contributed by atoms with van der Waals surface area (Å²) in [5.41, 5.74) is -0.267. The molecule has 4 heteroatoms. The Bertz CT molecular complexity index is 275. The zero-order valence-corrected chi connectivity index (χ0v) is 11.9. The van der Waals surface area contributed by atoms with E-state index in [1.165, 1.54) is 0 Å². The number of ketones is 1. The lowest BCUT2D eigenvalue weighted by molar-refractivity contribution is -0.265. The summed E-state index contributed by atoms with van der Waals surface area (Å²) in [6, 6.07) is 0. The minimum atomic E-state index is -0.380. The second-order valence-corrected chi connectivity index (χ2v) is 5.78. The van der Waals surface area contributed by atoms with Crippen molar-refractivity contribution in [2.45, 2.75) is 71.4 Å². The second-order valence-electron chi connectivity index (χ2n) is 5.78. The first-order valence-electron chi connectivity index (χ1n) is 6.81. The van der Waals surface area contributed by atoms with Crippen molar-refractivity contribution in [1.82, 2.24) is 0 Å². The third-order valence-corrected chi connectivity index (χ3v) is 3.61. The molecule has 106 valence electrons. The maximum atomic E-state index is 11.3. The second kappa shape index (κ2) is 6.64. The Morgan fingerprint density at radius 1 is 1.44 bits per heavy atom. The third-order valence-electron chi connectivity index (χ3n) is 3.61. The predicted molar refractivity (Wildman–Crippen MR) is 69.2 cm³/mol. The molecule has 1 aliphatic heterocycles. The van der Waals surface area contributed by atoms with Gasteiger partial charge in [0.1, 0.15) is 5.78 Å². The van der Waals surface area contributed by atoms with E-state index in [1.807, 2.05) is 13.8 Å². The summed E-state index contributed by atoms with van der Waals surface area (Å²) in [7, 11) is 0. The molecular formula is C14H26O4. The van der Waals surface area contributed by atoms with E-state index in [1.54, 1.807) is 6.92 Å². The average molecular weight is 258 g/mol. The number of aliphatic hydroxyl groups is 1. The van der Waals surface area contributed by atoms with Crippen LogP contribution in [-0.2, 0) is 14.3 Å². The number of aliphatic hydroxyl groups excluding tert-OH is 1. The average Bonchev–Trinajstić information content (AvgIpc) is 2.30. The van der Waals surface area contributed by atoms with Crippen LogP contribution >= 0.6 is 0 Å². The van der Waals surface area contributed by atoms with Crippen molar-refractivity contribution in [1.29, 1.82) is 0 Å². The van der Waals surface area contributed by atoms with Crippen molar-refractivity contribution >= 4 is 5.78 Å². The molecule has 0 aromatic carbocycles. The summed E-state index contributed by atoms with van der Waals surface area (Å²) in [5, 5.41) is 9.18. The Balaban J connectivity index is 2.67. The predicted octanol–water partition coefficient (Wildman–Crippen LogP) is 2.28. The molecule has 0 saturated carbocycles. The van der Waals surface area contributed by atoms with E-state index in [9.17, 15) is 9.90 Å². The Morgan fingerprint density at radius 3 is 2.61 bits per heavy atom. The summed E-state index contributed by atoms with van der Waals surface area (Å²) < 4.78 is 11.8. The van der Waals surface area contributed by atoms with Gasteiger partial charge in [0.25, 0.3) is 0 Å². The summed E-state index contributed by atoms with van der Waals surface area (Å²) in [4.78, 5) is 11.3. The number of carbonyl (C=O) groups excluding carboxylic acids is 1. The highest BCUT2D eigenvalue weighted by atomic mass is 16.7. The van der Waals surface area contributed by atoms with Gasteiger partial charge in [-0.2, -0.15) is 0 Å². The van der Waals surface area contributed by atoms with Crippen molar-refractivity contribution in [3.05, 3.63) is 0 Å². The molecule has 3 atom stereocenters. The number of ether oxygens (including phenoxy) is 2. The molecule has 0 radical (unpaired) electrons. The van der Waals surface area contributed by atoms with Gasteiger partial charge < -0.3 is 19.4 Å². The number of hydrogen-bond acceptors (Lipinski definition) is 4. The lowest BCUT2D eigenvalue weighted by Gasteiger charge is -2.39. The van der Waals surface area contributed by atoms with E-state index in [0.29, 0.717) is 6.42 Å². The molecule has 1 heterocycles. The minimum absolute atomic E-state index is 0.0131. The van der Waals surface area contributed by atoms with Gasteiger partial charge in [-0.3, -0.25) is 0 Å². The monoisotopic (exact) mass is 258 g/mol. The van der Waals surface area contributed by atoms with Crippen molar-refractivity contribution in [2.75, 3.05) is 6.61 Å².